The summed E-state index contributed by atoms with van der Waals surface area (Å²) in [6.07, 6.45) is 6.09. The molecule has 0 heterocycles. The van der Waals surface area contributed by atoms with Crippen LogP contribution in [0.1, 0.15) is 31.7 Å². The summed E-state index contributed by atoms with van der Waals surface area (Å²) >= 11 is 1.94. The lowest BCUT2D eigenvalue weighted by molar-refractivity contribution is 0.231. The Bertz CT molecular complexity index is 398. The first-order valence-electron chi connectivity index (χ1n) is 7.12. The number of likely N-dealkylation sites (N-methyl/N-ethyl adjacent to an activating group) is 1. The molecule has 2 N–H and O–H groups in total. The predicted molar refractivity (Wildman–Crippen MR) is 86.9 cm³/mol. The Balaban J connectivity index is 1.96. The molecule has 1 aromatic rings. The Morgan fingerprint density at radius 2 is 1.95 bits per heavy atom. The molecule has 1 saturated carbocycles. The SMILES string of the molecule is CSCCC(C)N(C)CC1(c2ccc(N)cc2)CC1. The fourth-order valence-corrected chi connectivity index (χ4v) is 3.24. The highest BCUT2D eigenvalue weighted by molar-refractivity contribution is 7.98. The van der Waals surface area contributed by atoms with E-state index in [1.165, 1.54) is 37.1 Å². The van der Waals surface area contributed by atoms with Crippen molar-refractivity contribution < 1.29 is 0 Å². The Kier molecular flexibility index (Phi) is 4.80. The quantitative estimate of drug-likeness (QED) is 0.775. The van der Waals surface area contributed by atoms with Crippen molar-refractivity contribution in [3.63, 3.8) is 0 Å². The van der Waals surface area contributed by atoms with E-state index in [4.69, 9.17) is 5.73 Å². The van der Waals surface area contributed by atoms with Crippen LogP contribution in [0.2, 0.25) is 0 Å². The molecular weight excluding hydrogens is 252 g/mol. The summed E-state index contributed by atoms with van der Waals surface area (Å²) in [6.45, 7) is 3.52. The number of nitrogen functional groups attached to an aromatic ring is 1. The van der Waals surface area contributed by atoms with Crippen molar-refractivity contribution in [2.45, 2.75) is 37.6 Å². The molecule has 0 amide bonds. The molecule has 0 aromatic heterocycles. The summed E-state index contributed by atoms with van der Waals surface area (Å²) in [5.41, 5.74) is 8.51. The molecule has 1 aliphatic rings. The van der Waals surface area contributed by atoms with Gasteiger partial charge in [0.15, 0.2) is 0 Å². The van der Waals surface area contributed by atoms with E-state index in [1.54, 1.807) is 0 Å². The highest BCUT2D eigenvalue weighted by Gasteiger charge is 2.45. The molecule has 0 spiro atoms. The van der Waals surface area contributed by atoms with Gasteiger partial charge in [-0.3, -0.25) is 0 Å². The van der Waals surface area contributed by atoms with Crippen molar-refractivity contribution in [1.82, 2.24) is 4.90 Å². The molecule has 1 aliphatic carbocycles. The van der Waals surface area contributed by atoms with E-state index < -0.39 is 0 Å². The molecule has 2 rings (SSSR count). The molecule has 0 radical (unpaired) electrons. The van der Waals surface area contributed by atoms with Crippen LogP contribution >= 0.6 is 11.8 Å². The zero-order valence-corrected chi connectivity index (χ0v) is 13.2. The van der Waals surface area contributed by atoms with Crippen LogP contribution in [0.25, 0.3) is 0 Å². The molecule has 1 aromatic carbocycles. The van der Waals surface area contributed by atoms with Crippen LogP contribution in [0.3, 0.4) is 0 Å². The standard InChI is InChI=1S/C16H26N2S/c1-13(8-11-19-3)18(2)12-16(9-10-16)14-4-6-15(17)7-5-14/h4-7,13H,8-12,17H2,1-3H3. The molecule has 2 nitrogen and oxygen atoms in total. The van der Waals surface area contributed by atoms with Gasteiger partial charge in [-0.2, -0.15) is 11.8 Å². The number of nitrogens with zero attached hydrogens (tertiary/aromatic N) is 1. The third-order valence-electron chi connectivity index (χ3n) is 4.42. The number of rotatable bonds is 7. The Morgan fingerprint density at radius 3 is 2.47 bits per heavy atom. The number of benzene rings is 1. The topological polar surface area (TPSA) is 29.3 Å². The van der Waals surface area contributed by atoms with E-state index in [-0.39, 0.29) is 0 Å². The van der Waals surface area contributed by atoms with E-state index in [0.29, 0.717) is 11.5 Å². The van der Waals surface area contributed by atoms with Crippen LogP contribution in [-0.4, -0.2) is 36.5 Å². The van der Waals surface area contributed by atoms with Gasteiger partial charge >= 0.3 is 0 Å². The molecule has 0 bridgehead atoms. The maximum absolute atomic E-state index is 5.78. The highest BCUT2D eigenvalue weighted by Crippen LogP contribution is 2.49. The summed E-state index contributed by atoms with van der Waals surface area (Å²) in [5.74, 6) is 1.25. The molecule has 1 unspecified atom stereocenters. The Hall–Kier alpha value is -0.670. The summed E-state index contributed by atoms with van der Waals surface area (Å²) in [7, 11) is 2.27. The van der Waals surface area contributed by atoms with Crippen molar-refractivity contribution in [3.05, 3.63) is 29.8 Å². The van der Waals surface area contributed by atoms with Crippen LogP contribution in [0.4, 0.5) is 5.69 Å². The van der Waals surface area contributed by atoms with Crippen LogP contribution < -0.4 is 5.73 Å². The molecule has 3 heteroatoms. The summed E-state index contributed by atoms with van der Waals surface area (Å²) in [6, 6.07) is 9.16. The zero-order valence-electron chi connectivity index (χ0n) is 12.4. The Labute approximate surface area is 121 Å². The van der Waals surface area contributed by atoms with Gasteiger partial charge in [-0.05, 0) is 62.9 Å². The van der Waals surface area contributed by atoms with E-state index in [1.807, 2.05) is 23.9 Å². The fraction of sp³-hybridized carbons (Fsp3) is 0.625. The van der Waals surface area contributed by atoms with Crippen molar-refractivity contribution >= 4 is 17.4 Å². The van der Waals surface area contributed by atoms with Crippen LogP contribution in [-0.2, 0) is 5.41 Å². The minimum Gasteiger partial charge on any atom is -0.399 e. The van der Waals surface area contributed by atoms with Gasteiger partial charge in [-0.25, -0.2) is 0 Å². The largest absolute Gasteiger partial charge is 0.399 e. The van der Waals surface area contributed by atoms with Crippen LogP contribution in [0, 0.1) is 0 Å². The maximum atomic E-state index is 5.78. The first-order chi connectivity index (χ1) is 9.07. The average Bonchev–Trinajstić information content (AvgIpc) is 3.17. The first-order valence-corrected chi connectivity index (χ1v) is 8.52. The van der Waals surface area contributed by atoms with Gasteiger partial charge in [0.2, 0.25) is 0 Å². The predicted octanol–water partition coefficient (Wildman–Crippen LogP) is 3.37. The minimum absolute atomic E-state index is 0.399. The van der Waals surface area contributed by atoms with Gasteiger partial charge in [0.05, 0.1) is 0 Å². The first kappa shape index (κ1) is 14.7. The van der Waals surface area contributed by atoms with E-state index in [0.717, 1.165) is 5.69 Å². The van der Waals surface area contributed by atoms with Gasteiger partial charge < -0.3 is 10.6 Å². The molecule has 0 aliphatic heterocycles. The second-order valence-electron chi connectivity index (χ2n) is 5.95. The second-order valence-corrected chi connectivity index (χ2v) is 6.93. The monoisotopic (exact) mass is 278 g/mol. The van der Waals surface area contributed by atoms with Crippen molar-refractivity contribution in [3.8, 4) is 0 Å². The summed E-state index contributed by atoms with van der Waals surface area (Å²) in [5, 5.41) is 0. The lowest BCUT2D eigenvalue weighted by atomic mass is 9.94. The Morgan fingerprint density at radius 1 is 1.32 bits per heavy atom. The van der Waals surface area contributed by atoms with E-state index in [9.17, 15) is 0 Å². The number of hydrogen-bond acceptors (Lipinski definition) is 3. The van der Waals surface area contributed by atoms with Gasteiger partial charge in [0.25, 0.3) is 0 Å². The van der Waals surface area contributed by atoms with Gasteiger partial charge in [-0.1, -0.05) is 12.1 Å². The van der Waals surface area contributed by atoms with Gasteiger partial charge in [0.1, 0.15) is 0 Å². The molecule has 0 saturated heterocycles. The average molecular weight is 278 g/mol. The fourth-order valence-electron chi connectivity index (χ4n) is 2.67. The smallest absolute Gasteiger partial charge is 0.0314 e. The van der Waals surface area contributed by atoms with Crippen molar-refractivity contribution in [1.29, 1.82) is 0 Å². The lowest BCUT2D eigenvalue weighted by Crippen LogP contribution is -2.36. The maximum Gasteiger partial charge on any atom is 0.0314 e. The molecular formula is C16H26N2S. The van der Waals surface area contributed by atoms with Crippen LogP contribution in [0.15, 0.2) is 24.3 Å². The number of hydrogen-bond donors (Lipinski definition) is 1. The zero-order chi connectivity index (χ0) is 13.9. The van der Waals surface area contributed by atoms with E-state index in [2.05, 4.69) is 37.3 Å². The van der Waals surface area contributed by atoms with Gasteiger partial charge in [-0.15, -0.1) is 0 Å². The number of nitrogens with two attached hydrogens (primary N) is 1. The van der Waals surface area contributed by atoms with E-state index >= 15 is 0 Å². The molecule has 1 atom stereocenters. The number of anilines is 1. The minimum atomic E-state index is 0.399. The highest BCUT2D eigenvalue weighted by atomic mass is 32.2. The molecule has 106 valence electrons. The third-order valence-corrected chi connectivity index (χ3v) is 5.06. The molecule has 1 fully saturated rings. The summed E-state index contributed by atoms with van der Waals surface area (Å²) in [4.78, 5) is 2.53. The van der Waals surface area contributed by atoms with Gasteiger partial charge in [0, 0.05) is 23.7 Å². The summed E-state index contributed by atoms with van der Waals surface area (Å²) < 4.78 is 0. The third kappa shape index (κ3) is 3.67. The second kappa shape index (κ2) is 6.19. The van der Waals surface area contributed by atoms with Crippen molar-refractivity contribution in [2.24, 2.45) is 0 Å². The molecule has 19 heavy (non-hydrogen) atoms. The normalized spacial score (nSPS) is 18.5. The lowest BCUT2D eigenvalue weighted by Gasteiger charge is -2.29. The number of thioether (sulfide) groups is 1. The van der Waals surface area contributed by atoms with Crippen LogP contribution in [0.5, 0.6) is 0 Å². The van der Waals surface area contributed by atoms with Crippen molar-refractivity contribution in [2.75, 3.05) is 31.3 Å².